The molecule has 2 aliphatic heterocycles. The number of nitrogens with zero attached hydrogens (tertiary/aromatic N) is 1. The summed E-state index contributed by atoms with van der Waals surface area (Å²) < 4.78 is 59.0. The SMILES string of the molecule is O=C(COc1ccc(OC(F)(F)F)cc1F)N1CC[C@@H]2CNC[C@@H]2CC1. The van der Waals surface area contributed by atoms with Gasteiger partial charge in [-0.1, -0.05) is 0 Å². The van der Waals surface area contributed by atoms with Crippen LogP contribution < -0.4 is 14.8 Å². The number of amides is 1. The fourth-order valence-corrected chi connectivity index (χ4v) is 3.49. The molecular weight excluding hydrogens is 356 g/mol. The van der Waals surface area contributed by atoms with Crippen molar-refractivity contribution in [1.29, 1.82) is 0 Å². The van der Waals surface area contributed by atoms with E-state index in [1.165, 1.54) is 0 Å². The third-order valence-corrected chi connectivity index (χ3v) is 4.86. The van der Waals surface area contributed by atoms with Gasteiger partial charge in [-0.3, -0.25) is 4.79 Å². The van der Waals surface area contributed by atoms with Gasteiger partial charge < -0.3 is 19.7 Å². The predicted molar refractivity (Wildman–Crippen MR) is 84.2 cm³/mol. The number of nitrogens with one attached hydrogen (secondary N) is 1. The second kappa shape index (κ2) is 7.69. The fraction of sp³-hybridized carbons (Fsp3) is 0.588. The van der Waals surface area contributed by atoms with E-state index in [4.69, 9.17) is 4.74 Å². The number of hydrogen-bond acceptors (Lipinski definition) is 4. The van der Waals surface area contributed by atoms with Crippen molar-refractivity contribution in [1.82, 2.24) is 10.2 Å². The smallest absolute Gasteiger partial charge is 0.481 e. The number of alkyl halides is 3. The summed E-state index contributed by atoms with van der Waals surface area (Å²) in [5.74, 6) is -1.09. The first-order valence-corrected chi connectivity index (χ1v) is 8.48. The van der Waals surface area contributed by atoms with Crippen LogP contribution in [-0.2, 0) is 4.79 Å². The van der Waals surface area contributed by atoms with E-state index in [0.717, 1.165) is 38.1 Å². The van der Waals surface area contributed by atoms with Crippen LogP contribution in [0.5, 0.6) is 11.5 Å². The molecule has 0 bridgehead atoms. The molecule has 2 heterocycles. The predicted octanol–water partition coefficient (Wildman–Crippen LogP) is 2.56. The third-order valence-electron chi connectivity index (χ3n) is 4.86. The Labute approximate surface area is 148 Å². The van der Waals surface area contributed by atoms with Crippen LogP contribution in [-0.4, -0.2) is 50.0 Å². The summed E-state index contributed by atoms with van der Waals surface area (Å²) in [6, 6.07) is 2.53. The highest BCUT2D eigenvalue weighted by atomic mass is 19.4. The largest absolute Gasteiger partial charge is 0.573 e. The maximum atomic E-state index is 13.8. The van der Waals surface area contributed by atoms with Gasteiger partial charge in [0.2, 0.25) is 0 Å². The summed E-state index contributed by atoms with van der Waals surface area (Å²) in [6.45, 7) is 2.85. The Hall–Kier alpha value is -2.03. The lowest BCUT2D eigenvalue weighted by Crippen LogP contribution is -2.36. The van der Waals surface area contributed by atoms with Gasteiger partial charge in [0.15, 0.2) is 18.2 Å². The normalized spacial score (nSPS) is 23.3. The summed E-state index contributed by atoms with van der Waals surface area (Å²) in [6.07, 6.45) is -3.06. The molecule has 0 aromatic heterocycles. The molecule has 3 rings (SSSR count). The number of carbonyl (C=O) groups excluding carboxylic acids is 1. The highest BCUT2D eigenvalue weighted by molar-refractivity contribution is 5.77. The molecule has 5 nitrogen and oxygen atoms in total. The minimum Gasteiger partial charge on any atom is -0.481 e. The fourth-order valence-electron chi connectivity index (χ4n) is 3.49. The van der Waals surface area contributed by atoms with Crippen LogP contribution in [0.1, 0.15) is 12.8 Å². The van der Waals surface area contributed by atoms with E-state index in [-0.39, 0.29) is 18.3 Å². The number of benzene rings is 1. The molecule has 0 spiro atoms. The van der Waals surface area contributed by atoms with Gasteiger partial charge in [-0.05, 0) is 49.9 Å². The van der Waals surface area contributed by atoms with Gasteiger partial charge in [0.25, 0.3) is 5.91 Å². The highest BCUT2D eigenvalue weighted by Crippen LogP contribution is 2.28. The standard InChI is InChI=1S/C17H20F4N2O3/c18-14-7-13(26-17(19,20)21)1-2-15(14)25-10-16(24)23-5-3-11-8-22-9-12(11)4-6-23/h1-2,7,11-12,22H,3-6,8-10H2/t11-,12+. The summed E-state index contributed by atoms with van der Waals surface area (Å²) in [5.41, 5.74) is 0. The number of rotatable bonds is 4. The molecule has 0 saturated carbocycles. The Morgan fingerprint density at radius 2 is 1.85 bits per heavy atom. The molecule has 26 heavy (non-hydrogen) atoms. The van der Waals surface area contributed by atoms with Crippen molar-refractivity contribution in [3.63, 3.8) is 0 Å². The number of ether oxygens (including phenoxy) is 2. The van der Waals surface area contributed by atoms with E-state index >= 15 is 0 Å². The average Bonchev–Trinajstić information content (AvgIpc) is 2.91. The quantitative estimate of drug-likeness (QED) is 0.821. The van der Waals surface area contributed by atoms with Gasteiger partial charge in [-0.25, -0.2) is 4.39 Å². The van der Waals surface area contributed by atoms with Crippen LogP contribution in [0.15, 0.2) is 18.2 Å². The first kappa shape index (κ1) is 18.8. The molecule has 144 valence electrons. The van der Waals surface area contributed by atoms with Crippen LogP contribution >= 0.6 is 0 Å². The molecule has 0 radical (unpaired) electrons. The van der Waals surface area contributed by atoms with Gasteiger partial charge in [-0.15, -0.1) is 13.2 Å². The topological polar surface area (TPSA) is 50.8 Å². The van der Waals surface area contributed by atoms with Crippen LogP contribution in [0.4, 0.5) is 17.6 Å². The van der Waals surface area contributed by atoms with Crippen molar-refractivity contribution < 1.29 is 31.8 Å². The molecule has 0 unspecified atom stereocenters. The minimum atomic E-state index is -4.90. The van der Waals surface area contributed by atoms with Crippen molar-refractivity contribution in [2.45, 2.75) is 19.2 Å². The number of hydrogen-bond donors (Lipinski definition) is 1. The molecule has 1 N–H and O–H groups in total. The van der Waals surface area contributed by atoms with Crippen LogP contribution in [0, 0.1) is 17.7 Å². The Balaban J connectivity index is 1.52. The van der Waals surface area contributed by atoms with Gasteiger partial charge in [-0.2, -0.15) is 0 Å². The van der Waals surface area contributed by atoms with E-state index in [0.29, 0.717) is 31.0 Å². The Bertz CT molecular complexity index is 639. The summed E-state index contributed by atoms with van der Waals surface area (Å²) in [4.78, 5) is 14.0. The maximum Gasteiger partial charge on any atom is 0.573 e. The summed E-state index contributed by atoms with van der Waals surface area (Å²) in [7, 11) is 0. The lowest BCUT2D eigenvalue weighted by molar-refractivity contribution is -0.274. The zero-order valence-corrected chi connectivity index (χ0v) is 14.0. The van der Waals surface area contributed by atoms with Crippen molar-refractivity contribution in [3.8, 4) is 11.5 Å². The van der Waals surface area contributed by atoms with E-state index < -0.39 is 17.9 Å². The third kappa shape index (κ3) is 4.78. The highest BCUT2D eigenvalue weighted by Gasteiger charge is 2.32. The maximum absolute atomic E-state index is 13.8. The van der Waals surface area contributed by atoms with Crippen molar-refractivity contribution in [2.24, 2.45) is 11.8 Å². The van der Waals surface area contributed by atoms with E-state index in [9.17, 15) is 22.4 Å². The number of likely N-dealkylation sites (tertiary alicyclic amines) is 1. The average molecular weight is 376 g/mol. The van der Waals surface area contributed by atoms with Crippen LogP contribution in [0.3, 0.4) is 0 Å². The molecule has 0 aliphatic carbocycles. The molecule has 2 aliphatic rings. The lowest BCUT2D eigenvalue weighted by atomic mass is 9.92. The van der Waals surface area contributed by atoms with Gasteiger partial charge in [0.05, 0.1) is 0 Å². The minimum absolute atomic E-state index is 0.257. The first-order chi connectivity index (χ1) is 12.3. The molecular formula is C17H20F4N2O3. The lowest BCUT2D eigenvalue weighted by Gasteiger charge is -2.21. The van der Waals surface area contributed by atoms with Crippen molar-refractivity contribution in [2.75, 3.05) is 32.8 Å². The Morgan fingerprint density at radius 3 is 2.42 bits per heavy atom. The number of fused-ring (bicyclic) bond motifs is 1. The van der Waals surface area contributed by atoms with E-state index in [1.54, 1.807) is 4.90 Å². The summed E-state index contributed by atoms with van der Waals surface area (Å²) in [5, 5.41) is 3.36. The Morgan fingerprint density at radius 1 is 1.19 bits per heavy atom. The molecule has 1 aromatic rings. The molecule has 2 saturated heterocycles. The Kier molecular flexibility index (Phi) is 5.55. The number of halogens is 4. The second-order valence-electron chi connectivity index (χ2n) is 6.57. The van der Waals surface area contributed by atoms with E-state index in [2.05, 4.69) is 10.1 Å². The molecule has 1 amide bonds. The number of carbonyl (C=O) groups is 1. The van der Waals surface area contributed by atoms with Crippen LogP contribution in [0.2, 0.25) is 0 Å². The molecule has 9 heteroatoms. The molecule has 2 atom stereocenters. The molecule has 1 aromatic carbocycles. The zero-order chi connectivity index (χ0) is 18.7. The van der Waals surface area contributed by atoms with Crippen molar-refractivity contribution >= 4 is 5.91 Å². The van der Waals surface area contributed by atoms with Gasteiger partial charge in [0, 0.05) is 19.2 Å². The zero-order valence-electron chi connectivity index (χ0n) is 14.0. The summed E-state index contributed by atoms with van der Waals surface area (Å²) >= 11 is 0. The van der Waals surface area contributed by atoms with E-state index in [1.807, 2.05) is 0 Å². The first-order valence-electron chi connectivity index (χ1n) is 8.48. The van der Waals surface area contributed by atoms with Crippen molar-refractivity contribution in [3.05, 3.63) is 24.0 Å². The van der Waals surface area contributed by atoms with Crippen LogP contribution in [0.25, 0.3) is 0 Å². The van der Waals surface area contributed by atoms with Gasteiger partial charge >= 0.3 is 6.36 Å². The van der Waals surface area contributed by atoms with Gasteiger partial charge in [0.1, 0.15) is 5.75 Å². The molecule has 2 fully saturated rings. The second-order valence-corrected chi connectivity index (χ2v) is 6.57. The monoisotopic (exact) mass is 376 g/mol.